The molecular formula is C26H18N2O3. The first kappa shape index (κ1) is 19.9. The Kier molecular flexibility index (Phi) is 5.72. The molecule has 4 aromatic carbocycles. The molecule has 0 saturated heterocycles. The van der Waals surface area contributed by atoms with Crippen molar-refractivity contribution < 1.29 is 14.3 Å². The predicted octanol–water partition coefficient (Wildman–Crippen LogP) is 5.17. The van der Waals surface area contributed by atoms with Crippen LogP contribution in [0, 0.1) is 11.3 Å². The molecule has 1 amide bonds. The van der Waals surface area contributed by atoms with Gasteiger partial charge in [-0.3, -0.25) is 4.79 Å². The van der Waals surface area contributed by atoms with Crippen LogP contribution in [0.5, 0.6) is 0 Å². The maximum absolute atomic E-state index is 12.7. The Morgan fingerprint density at radius 3 is 2.29 bits per heavy atom. The zero-order valence-electron chi connectivity index (χ0n) is 16.5. The summed E-state index contributed by atoms with van der Waals surface area (Å²) in [5.41, 5.74) is 2.60. The van der Waals surface area contributed by atoms with E-state index in [1.807, 2.05) is 36.4 Å². The fraction of sp³-hybridized carbons (Fsp3) is 0.0385. The van der Waals surface area contributed by atoms with Crippen molar-refractivity contribution in [1.29, 1.82) is 5.26 Å². The zero-order valence-corrected chi connectivity index (χ0v) is 16.5. The molecule has 0 aromatic heterocycles. The monoisotopic (exact) mass is 406 g/mol. The van der Waals surface area contributed by atoms with Gasteiger partial charge in [-0.25, -0.2) is 4.79 Å². The summed E-state index contributed by atoms with van der Waals surface area (Å²) in [6.45, 7) is -0.417. The lowest BCUT2D eigenvalue weighted by Gasteiger charge is -2.11. The number of carbonyl (C=O) groups excluding carboxylic acids is 2. The molecule has 150 valence electrons. The molecule has 0 spiro atoms. The van der Waals surface area contributed by atoms with Gasteiger partial charge in [-0.05, 0) is 40.6 Å². The third-order valence-corrected chi connectivity index (χ3v) is 4.85. The molecule has 0 unspecified atom stereocenters. The molecule has 0 aliphatic rings. The Morgan fingerprint density at radius 2 is 1.48 bits per heavy atom. The number of nitrogens with zero attached hydrogens (tertiary/aromatic N) is 1. The van der Waals surface area contributed by atoms with Gasteiger partial charge in [-0.15, -0.1) is 0 Å². The van der Waals surface area contributed by atoms with Gasteiger partial charge < -0.3 is 10.1 Å². The van der Waals surface area contributed by atoms with E-state index in [1.54, 1.807) is 54.6 Å². The van der Waals surface area contributed by atoms with Gasteiger partial charge in [0.1, 0.15) is 0 Å². The third-order valence-electron chi connectivity index (χ3n) is 4.85. The summed E-state index contributed by atoms with van der Waals surface area (Å²) in [6, 6.07) is 29.4. The molecule has 5 nitrogen and oxygen atoms in total. The number of hydrogen-bond acceptors (Lipinski definition) is 4. The Balaban J connectivity index is 1.46. The summed E-state index contributed by atoms with van der Waals surface area (Å²) >= 11 is 0. The van der Waals surface area contributed by atoms with E-state index in [-0.39, 0.29) is 0 Å². The molecule has 4 aromatic rings. The van der Waals surface area contributed by atoms with Crippen molar-refractivity contribution in [1.82, 2.24) is 0 Å². The number of hydrogen-bond donors (Lipinski definition) is 1. The summed E-state index contributed by atoms with van der Waals surface area (Å²) < 4.78 is 5.25. The molecule has 31 heavy (non-hydrogen) atoms. The van der Waals surface area contributed by atoms with Gasteiger partial charge in [-0.1, -0.05) is 66.7 Å². The molecular weight excluding hydrogens is 388 g/mol. The molecule has 0 aliphatic carbocycles. The van der Waals surface area contributed by atoms with Crippen molar-refractivity contribution in [2.24, 2.45) is 0 Å². The maximum Gasteiger partial charge on any atom is 0.339 e. The smallest absolute Gasteiger partial charge is 0.339 e. The number of benzene rings is 4. The highest BCUT2D eigenvalue weighted by molar-refractivity contribution is 6.00. The van der Waals surface area contributed by atoms with Crippen LogP contribution in [-0.2, 0) is 9.53 Å². The van der Waals surface area contributed by atoms with Crippen LogP contribution < -0.4 is 5.32 Å². The van der Waals surface area contributed by atoms with Gasteiger partial charge >= 0.3 is 5.97 Å². The highest BCUT2D eigenvalue weighted by Gasteiger charge is 2.17. The first-order chi connectivity index (χ1) is 15.2. The minimum Gasteiger partial charge on any atom is -0.452 e. The predicted molar refractivity (Wildman–Crippen MR) is 119 cm³/mol. The van der Waals surface area contributed by atoms with E-state index < -0.39 is 18.5 Å². The molecule has 4 rings (SSSR count). The second-order valence-electron chi connectivity index (χ2n) is 6.89. The van der Waals surface area contributed by atoms with Gasteiger partial charge in [0.25, 0.3) is 5.91 Å². The SMILES string of the molecule is N#Cc1ccccc1-c1ccccc1C(=O)OCC(=O)Nc1ccc2ccccc2c1. The van der Waals surface area contributed by atoms with Crippen LogP contribution >= 0.6 is 0 Å². The average molecular weight is 406 g/mol. The molecule has 0 fully saturated rings. The van der Waals surface area contributed by atoms with E-state index in [9.17, 15) is 14.9 Å². The van der Waals surface area contributed by atoms with E-state index in [0.717, 1.165) is 10.8 Å². The summed E-state index contributed by atoms with van der Waals surface area (Å²) in [5, 5.41) is 14.2. The van der Waals surface area contributed by atoms with Crippen LogP contribution in [0.25, 0.3) is 21.9 Å². The fourth-order valence-corrected chi connectivity index (χ4v) is 3.38. The number of esters is 1. The normalized spacial score (nSPS) is 10.3. The van der Waals surface area contributed by atoms with Crippen molar-refractivity contribution >= 4 is 28.3 Å². The van der Waals surface area contributed by atoms with Gasteiger partial charge in [0.05, 0.1) is 17.2 Å². The Bertz CT molecular complexity index is 1320. The van der Waals surface area contributed by atoms with Crippen LogP contribution in [0.4, 0.5) is 5.69 Å². The van der Waals surface area contributed by atoms with E-state index in [2.05, 4.69) is 11.4 Å². The Hall–Kier alpha value is -4.43. The van der Waals surface area contributed by atoms with Gasteiger partial charge in [-0.2, -0.15) is 5.26 Å². The second-order valence-corrected chi connectivity index (χ2v) is 6.89. The third kappa shape index (κ3) is 4.44. The Labute approximate surface area is 179 Å². The second kappa shape index (κ2) is 8.93. The zero-order chi connectivity index (χ0) is 21.6. The molecule has 0 atom stereocenters. The molecule has 1 N–H and O–H groups in total. The topological polar surface area (TPSA) is 79.2 Å². The van der Waals surface area contributed by atoms with E-state index in [1.165, 1.54) is 0 Å². The van der Waals surface area contributed by atoms with Crippen LogP contribution in [0.2, 0.25) is 0 Å². The first-order valence-corrected chi connectivity index (χ1v) is 9.70. The quantitative estimate of drug-likeness (QED) is 0.464. The van der Waals surface area contributed by atoms with Crippen molar-refractivity contribution in [3.05, 3.63) is 102 Å². The van der Waals surface area contributed by atoms with Crippen LogP contribution in [0.15, 0.2) is 91.0 Å². The number of amides is 1. The van der Waals surface area contributed by atoms with Crippen molar-refractivity contribution in [2.45, 2.75) is 0 Å². The average Bonchev–Trinajstić information content (AvgIpc) is 2.82. The highest BCUT2D eigenvalue weighted by Crippen LogP contribution is 2.27. The van der Waals surface area contributed by atoms with Crippen molar-refractivity contribution in [3.63, 3.8) is 0 Å². The minimum atomic E-state index is -0.628. The lowest BCUT2D eigenvalue weighted by Crippen LogP contribution is -2.21. The van der Waals surface area contributed by atoms with Gasteiger partial charge in [0, 0.05) is 11.3 Å². The van der Waals surface area contributed by atoms with Crippen LogP contribution in [0.3, 0.4) is 0 Å². The summed E-state index contributed by atoms with van der Waals surface area (Å²) in [4.78, 5) is 25.0. The number of ether oxygens (including phenoxy) is 1. The number of anilines is 1. The summed E-state index contributed by atoms with van der Waals surface area (Å²) in [6.07, 6.45) is 0. The van der Waals surface area contributed by atoms with E-state index >= 15 is 0 Å². The van der Waals surface area contributed by atoms with E-state index in [4.69, 9.17) is 4.74 Å². The molecule has 0 aliphatic heterocycles. The largest absolute Gasteiger partial charge is 0.452 e. The van der Waals surface area contributed by atoms with Crippen molar-refractivity contribution in [2.75, 3.05) is 11.9 Å². The molecule has 0 bridgehead atoms. The maximum atomic E-state index is 12.7. The lowest BCUT2D eigenvalue weighted by molar-refractivity contribution is -0.119. The molecule has 0 radical (unpaired) electrons. The summed E-state index contributed by atoms with van der Waals surface area (Å²) in [7, 11) is 0. The minimum absolute atomic E-state index is 0.295. The molecule has 0 saturated carbocycles. The number of nitrogens with one attached hydrogen (secondary N) is 1. The molecule has 5 heteroatoms. The highest BCUT2D eigenvalue weighted by atomic mass is 16.5. The molecule has 0 heterocycles. The first-order valence-electron chi connectivity index (χ1n) is 9.70. The summed E-state index contributed by atoms with van der Waals surface area (Å²) in [5.74, 6) is -1.06. The number of carbonyl (C=O) groups is 2. The number of rotatable bonds is 5. The van der Waals surface area contributed by atoms with Gasteiger partial charge in [0.2, 0.25) is 0 Å². The number of nitriles is 1. The Morgan fingerprint density at radius 1 is 0.806 bits per heavy atom. The van der Waals surface area contributed by atoms with E-state index in [0.29, 0.717) is 27.9 Å². The lowest BCUT2D eigenvalue weighted by atomic mass is 9.96. The standard InChI is InChI=1S/C26H18N2O3/c27-16-20-9-3-4-10-22(20)23-11-5-6-12-24(23)26(30)31-17-25(29)28-21-14-13-18-7-1-2-8-19(18)15-21/h1-15H,17H2,(H,28,29). The van der Waals surface area contributed by atoms with Gasteiger partial charge in [0.15, 0.2) is 6.61 Å². The van der Waals surface area contributed by atoms with Crippen molar-refractivity contribution in [3.8, 4) is 17.2 Å². The van der Waals surface area contributed by atoms with Crippen LogP contribution in [-0.4, -0.2) is 18.5 Å². The number of fused-ring (bicyclic) bond motifs is 1. The van der Waals surface area contributed by atoms with Crippen LogP contribution in [0.1, 0.15) is 15.9 Å². The fourth-order valence-electron chi connectivity index (χ4n) is 3.38.